The first-order valence-corrected chi connectivity index (χ1v) is 9.62. The SMILES string of the molecule is CCNC(=NCCCCn1cnnc1)NC(C)c1ccc2ccccc2c1. The summed E-state index contributed by atoms with van der Waals surface area (Å²) in [5, 5.41) is 17.0. The van der Waals surface area contributed by atoms with Crippen molar-refractivity contribution in [1.29, 1.82) is 0 Å². The zero-order valence-corrected chi connectivity index (χ0v) is 16.1. The molecule has 6 nitrogen and oxygen atoms in total. The van der Waals surface area contributed by atoms with Crippen LogP contribution in [0.3, 0.4) is 0 Å². The zero-order chi connectivity index (χ0) is 18.9. The predicted octanol–water partition coefficient (Wildman–Crippen LogP) is 3.53. The van der Waals surface area contributed by atoms with Gasteiger partial charge in [0, 0.05) is 19.6 Å². The first-order chi connectivity index (χ1) is 13.3. The highest BCUT2D eigenvalue weighted by molar-refractivity contribution is 5.84. The monoisotopic (exact) mass is 364 g/mol. The molecule has 1 aromatic heterocycles. The van der Waals surface area contributed by atoms with E-state index in [0.29, 0.717) is 0 Å². The van der Waals surface area contributed by atoms with Gasteiger partial charge in [-0.25, -0.2) is 0 Å². The number of aryl methyl sites for hydroxylation is 1. The molecular weight excluding hydrogens is 336 g/mol. The highest BCUT2D eigenvalue weighted by atomic mass is 15.2. The third kappa shape index (κ3) is 5.54. The molecule has 3 aromatic rings. The number of hydrogen-bond acceptors (Lipinski definition) is 3. The van der Waals surface area contributed by atoms with E-state index in [2.05, 4.69) is 77.1 Å². The van der Waals surface area contributed by atoms with Gasteiger partial charge in [-0.15, -0.1) is 10.2 Å². The minimum Gasteiger partial charge on any atom is -0.357 e. The van der Waals surface area contributed by atoms with Crippen molar-refractivity contribution >= 4 is 16.7 Å². The Morgan fingerprint density at radius 1 is 1.07 bits per heavy atom. The maximum Gasteiger partial charge on any atom is 0.191 e. The van der Waals surface area contributed by atoms with Crippen LogP contribution in [-0.4, -0.2) is 33.8 Å². The largest absolute Gasteiger partial charge is 0.357 e. The zero-order valence-electron chi connectivity index (χ0n) is 16.1. The van der Waals surface area contributed by atoms with E-state index in [1.54, 1.807) is 12.7 Å². The lowest BCUT2D eigenvalue weighted by molar-refractivity contribution is 0.609. The Morgan fingerprint density at radius 3 is 2.63 bits per heavy atom. The van der Waals surface area contributed by atoms with Gasteiger partial charge in [-0.05, 0) is 49.1 Å². The number of unbranched alkanes of at least 4 members (excludes halogenated alkanes) is 1. The third-order valence-electron chi connectivity index (χ3n) is 4.53. The lowest BCUT2D eigenvalue weighted by Gasteiger charge is -2.18. The summed E-state index contributed by atoms with van der Waals surface area (Å²) in [4.78, 5) is 4.71. The van der Waals surface area contributed by atoms with Gasteiger partial charge in [0.2, 0.25) is 0 Å². The van der Waals surface area contributed by atoms with Gasteiger partial charge in [-0.3, -0.25) is 4.99 Å². The van der Waals surface area contributed by atoms with Crippen molar-refractivity contribution in [3.63, 3.8) is 0 Å². The number of hydrogen-bond donors (Lipinski definition) is 2. The van der Waals surface area contributed by atoms with Crippen LogP contribution < -0.4 is 10.6 Å². The van der Waals surface area contributed by atoms with Gasteiger partial charge in [-0.2, -0.15) is 0 Å². The smallest absolute Gasteiger partial charge is 0.191 e. The Balaban J connectivity index is 1.55. The van der Waals surface area contributed by atoms with Crippen molar-refractivity contribution in [2.24, 2.45) is 4.99 Å². The van der Waals surface area contributed by atoms with Gasteiger partial charge in [0.1, 0.15) is 12.7 Å². The Labute approximate surface area is 160 Å². The summed E-state index contributed by atoms with van der Waals surface area (Å²) in [6.45, 7) is 6.83. The molecule has 0 saturated heterocycles. The van der Waals surface area contributed by atoms with Crippen molar-refractivity contribution in [1.82, 2.24) is 25.4 Å². The third-order valence-corrected chi connectivity index (χ3v) is 4.53. The minimum atomic E-state index is 0.185. The molecule has 2 aromatic carbocycles. The molecule has 0 saturated carbocycles. The molecule has 6 heteroatoms. The second-order valence-corrected chi connectivity index (χ2v) is 6.64. The fourth-order valence-corrected chi connectivity index (χ4v) is 3.02. The van der Waals surface area contributed by atoms with E-state index >= 15 is 0 Å². The maximum absolute atomic E-state index is 4.71. The average molecular weight is 364 g/mol. The Kier molecular flexibility index (Phi) is 6.79. The molecule has 0 aliphatic heterocycles. The summed E-state index contributed by atoms with van der Waals surface area (Å²) >= 11 is 0. The van der Waals surface area contributed by atoms with E-state index in [1.165, 1.54) is 16.3 Å². The Hall–Kier alpha value is -2.89. The second kappa shape index (κ2) is 9.71. The van der Waals surface area contributed by atoms with Gasteiger partial charge in [0.15, 0.2) is 5.96 Å². The second-order valence-electron chi connectivity index (χ2n) is 6.64. The highest BCUT2D eigenvalue weighted by Gasteiger charge is 2.08. The van der Waals surface area contributed by atoms with Crippen molar-refractivity contribution in [3.05, 3.63) is 60.7 Å². The minimum absolute atomic E-state index is 0.185. The van der Waals surface area contributed by atoms with Crippen molar-refractivity contribution in [3.8, 4) is 0 Å². The quantitative estimate of drug-likeness (QED) is 0.365. The summed E-state index contributed by atoms with van der Waals surface area (Å²) in [6.07, 6.45) is 5.58. The summed E-state index contributed by atoms with van der Waals surface area (Å²) in [5.74, 6) is 0.863. The number of nitrogens with one attached hydrogen (secondary N) is 2. The maximum atomic E-state index is 4.71. The molecule has 0 spiro atoms. The summed E-state index contributed by atoms with van der Waals surface area (Å²) in [5.41, 5.74) is 1.26. The summed E-state index contributed by atoms with van der Waals surface area (Å²) in [7, 11) is 0. The number of rotatable bonds is 8. The van der Waals surface area contributed by atoms with Gasteiger partial charge >= 0.3 is 0 Å². The predicted molar refractivity (Wildman–Crippen MR) is 111 cm³/mol. The van der Waals surface area contributed by atoms with Crippen LogP contribution in [0.4, 0.5) is 0 Å². The molecule has 142 valence electrons. The van der Waals surface area contributed by atoms with E-state index in [0.717, 1.165) is 38.4 Å². The fourth-order valence-electron chi connectivity index (χ4n) is 3.02. The summed E-state index contributed by atoms with van der Waals surface area (Å²) < 4.78 is 2.00. The lowest BCUT2D eigenvalue weighted by atomic mass is 10.0. The first-order valence-electron chi connectivity index (χ1n) is 9.62. The Bertz CT molecular complexity index is 856. The van der Waals surface area contributed by atoms with E-state index in [1.807, 2.05) is 4.57 Å². The molecule has 0 amide bonds. The van der Waals surface area contributed by atoms with E-state index in [9.17, 15) is 0 Å². The number of nitrogens with zero attached hydrogens (tertiary/aromatic N) is 4. The van der Waals surface area contributed by atoms with E-state index < -0.39 is 0 Å². The lowest BCUT2D eigenvalue weighted by Crippen LogP contribution is -2.38. The topological polar surface area (TPSA) is 67.1 Å². The van der Waals surface area contributed by atoms with Crippen LogP contribution in [0.15, 0.2) is 60.1 Å². The number of aromatic nitrogens is 3. The first kappa shape index (κ1) is 18.9. The van der Waals surface area contributed by atoms with Crippen LogP contribution in [0.25, 0.3) is 10.8 Å². The number of guanidine groups is 1. The summed E-state index contributed by atoms with van der Waals surface area (Å²) in [6, 6.07) is 15.2. The standard InChI is InChI=1S/C21H28N6/c1-3-22-21(23-12-6-7-13-27-15-24-25-16-27)26-17(2)19-11-10-18-8-4-5-9-20(18)14-19/h4-5,8-11,14-17H,3,6-7,12-13H2,1-2H3,(H2,22,23,26). The molecule has 27 heavy (non-hydrogen) atoms. The van der Waals surface area contributed by atoms with Crippen LogP contribution in [0.2, 0.25) is 0 Å². The molecule has 0 aliphatic rings. The van der Waals surface area contributed by atoms with Crippen molar-refractivity contribution < 1.29 is 0 Å². The van der Waals surface area contributed by atoms with Gasteiger partial charge in [-0.1, -0.05) is 36.4 Å². The van der Waals surface area contributed by atoms with Gasteiger partial charge in [0.05, 0.1) is 6.04 Å². The molecule has 1 heterocycles. The van der Waals surface area contributed by atoms with Gasteiger partial charge in [0.25, 0.3) is 0 Å². The molecule has 0 aliphatic carbocycles. The molecule has 0 bridgehead atoms. The average Bonchev–Trinajstić information content (AvgIpc) is 3.21. The Morgan fingerprint density at radius 2 is 1.85 bits per heavy atom. The van der Waals surface area contributed by atoms with Gasteiger partial charge < -0.3 is 15.2 Å². The van der Waals surface area contributed by atoms with Crippen LogP contribution in [0.5, 0.6) is 0 Å². The van der Waals surface area contributed by atoms with Crippen LogP contribution in [0.1, 0.15) is 38.3 Å². The number of fused-ring (bicyclic) bond motifs is 1. The van der Waals surface area contributed by atoms with E-state index in [-0.39, 0.29) is 6.04 Å². The van der Waals surface area contributed by atoms with Crippen molar-refractivity contribution in [2.45, 2.75) is 39.3 Å². The molecule has 3 rings (SSSR count). The molecule has 2 N–H and O–H groups in total. The van der Waals surface area contributed by atoms with Crippen LogP contribution in [-0.2, 0) is 6.54 Å². The molecule has 1 atom stereocenters. The molecule has 1 unspecified atom stereocenters. The van der Waals surface area contributed by atoms with Crippen LogP contribution >= 0.6 is 0 Å². The van der Waals surface area contributed by atoms with Crippen molar-refractivity contribution in [2.75, 3.05) is 13.1 Å². The highest BCUT2D eigenvalue weighted by Crippen LogP contribution is 2.20. The molecule has 0 fully saturated rings. The normalized spacial score (nSPS) is 12.9. The fraction of sp³-hybridized carbons (Fsp3) is 0.381. The number of aliphatic imine (C=N–C) groups is 1. The molecule has 0 radical (unpaired) electrons. The molecular formula is C21H28N6. The van der Waals surface area contributed by atoms with E-state index in [4.69, 9.17) is 4.99 Å². The van der Waals surface area contributed by atoms with Crippen LogP contribution in [0, 0.1) is 0 Å². The number of benzene rings is 2.